The summed E-state index contributed by atoms with van der Waals surface area (Å²) in [5.74, 6) is -1.98. The van der Waals surface area contributed by atoms with E-state index in [0.29, 0.717) is 36.1 Å². The fourth-order valence-electron chi connectivity index (χ4n) is 5.90. The van der Waals surface area contributed by atoms with Gasteiger partial charge in [0.1, 0.15) is 11.4 Å². The first kappa shape index (κ1) is 31.6. The molecule has 1 fully saturated rings. The van der Waals surface area contributed by atoms with Gasteiger partial charge in [0.05, 0.1) is 37.2 Å². The van der Waals surface area contributed by atoms with E-state index in [1.807, 2.05) is 48.2 Å². The van der Waals surface area contributed by atoms with Crippen LogP contribution in [-0.4, -0.2) is 82.9 Å². The van der Waals surface area contributed by atoms with Crippen molar-refractivity contribution in [2.75, 3.05) is 64.4 Å². The Kier molecular flexibility index (Phi) is 9.10. The molecule has 2 heterocycles. The van der Waals surface area contributed by atoms with Crippen molar-refractivity contribution in [3.63, 3.8) is 0 Å². The maximum Gasteiger partial charge on any atom is 0.217 e. The minimum Gasteiger partial charge on any atom is -0.494 e. The fraction of sp³-hybridized carbons (Fsp3) is 0.364. The second kappa shape index (κ2) is 12.7. The summed E-state index contributed by atoms with van der Waals surface area (Å²) >= 11 is 0. The number of nitrogens with zero attached hydrogens (tertiary/aromatic N) is 3. The maximum absolute atomic E-state index is 16.2. The van der Waals surface area contributed by atoms with Crippen LogP contribution in [0.1, 0.15) is 29.0 Å². The predicted octanol–water partition coefficient (Wildman–Crippen LogP) is 4.74. The van der Waals surface area contributed by atoms with Gasteiger partial charge in [-0.25, -0.2) is 22.2 Å². The zero-order valence-corrected chi connectivity index (χ0v) is 26.1. The molecule has 4 aromatic rings. The topological polar surface area (TPSA) is 92.2 Å². The summed E-state index contributed by atoms with van der Waals surface area (Å²) in [6.45, 7) is 1.14. The number of sulfone groups is 1. The summed E-state index contributed by atoms with van der Waals surface area (Å²) in [5.41, 5.74) is 0.412. The Balaban J connectivity index is 1.76. The first-order valence-corrected chi connectivity index (χ1v) is 16.2. The highest BCUT2D eigenvalue weighted by atomic mass is 32.2. The molecule has 0 bridgehead atoms. The molecule has 0 amide bonds. The molecule has 1 aliphatic heterocycles. The number of halogens is 2. The minimum absolute atomic E-state index is 0.00301. The van der Waals surface area contributed by atoms with E-state index < -0.39 is 33.0 Å². The third-order valence-corrected chi connectivity index (χ3v) is 9.88. The second-order valence-electron chi connectivity index (χ2n) is 11.4. The van der Waals surface area contributed by atoms with Gasteiger partial charge >= 0.3 is 0 Å². The van der Waals surface area contributed by atoms with Crippen molar-refractivity contribution in [1.82, 2.24) is 9.88 Å². The third kappa shape index (κ3) is 6.36. The van der Waals surface area contributed by atoms with E-state index in [1.165, 1.54) is 38.5 Å². The lowest BCUT2D eigenvalue weighted by molar-refractivity contribution is 0.00255. The van der Waals surface area contributed by atoms with Gasteiger partial charge in [0, 0.05) is 41.8 Å². The van der Waals surface area contributed by atoms with E-state index in [4.69, 9.17) is 14.5 Å². The van der Waals surface area contributed by atoms with Gasteiger partial charge in [-0.3, -0.25) is 0 Å². The molecule has 8 nitrogen and oxygen atoms in total. The summed E-state index contributed by atoms with van der Waals surface area (Å²) in [4.78, 5) is 8.65. The van der Waals surface area contributed by atoms with Gasteiger partial charge < -0.3 is 24.4 Å². The summed E-state index contributed by atoms with van der Waals surface area (Å²) in [7, 11) is 3.48. The Bertz CT molecular complexity index is 1750. The van der Waals surface area contributed by atoms with Crippen LogP contribution in [0.25, 0.3) is 10.9 Å². The number of ether oxygens (including phenoxy) is 2. The maximum atomic E-state index is 16.2. The quantitative estimate of drug-likeness (QED) is 0.271. The van der Waals surface area contributed by atoms with Gasteiger partial charge in [0.2, 0.25) is 5.88 Å². The summed E-state index contributed by atoms with van der Waals surface area (Å²) in [5, 5.41) is 13.5. The molecule has 1 aliphatic rings. The molecule has 0 unspecified atom stereocenters. The fourth-order valence-corrected chi connectivity index (χ4v) is 7.10. The van der Waals surface area contributed by atoms with Gasteiger partial charge in [0.25, 0.3) is 0 Å². The van der Waals surface area contributed by atoms with Crippen LogP contribution in [-0.2, 0) is 15.4 Å². The van der Waals surface area contributed by atoms with Crippen LogP contribution < -0.4 is 14.4 Å². The van der Waals surface area contributed by atoms with Crippen molar-refractivity contribution in [2.24, 2.45) is 0 Å². The van der Waals surface area contributed by atoms with Crippen LogP contribution in [0.2, 0.25) is 0 Å². The molecular weight excluding hydrogens is 588 g/mol. The Labute approximate surface area is 256 Å². The normalized spacial score (nSPS) is 17.0. The number of hydrogen-bond acceptors (Lipinski definition) is 8. The molecule has 5 rings (SSSR count). The van der Waals surface area contributed by atoms with Crippen molar-refractivity contribution in [2.45, 2.75) is 17.9 Å². The van der Waals surface area contributed by atoms with E-state index >= 15 is 4.39 Å². The molecule has 0 aliphatic carbocycles. The lowest BCUT2D eigenvalue weighted by atomic mass is 9.71. The molecule has 44 heavy (non-hydrogen) atoms. The highest BCUT2D eigenvalue weighted by molar-refractivity contribution is 7.91. The Hall–Kier alpha value is -3.80. The van der Waals surface area contributed by atoms with Crippen LogP contribution in [0.15, 0.2) is 66.7 Å². The largest absolute Gasteiger partial charge is 0.494 e. The van der Waals surface area contributed by atoms with Crippen molar-refractivity contribution in [3.05, 3.63) is 95.1 Å². The van der Waals surface area contributed by atoms with Crippen LogP contribution in [0, 0.1) is 11.6 Å². The van der Waals surface area contributed by atoms with Gasteiger partial charge in [-0.15, -0.1) is 0 Å². The molecule has 234 valence electrons. The smallest absolute Gasteiger partial charge is 0.217 e. The second-order valence-corrected chi connectivity index (χ2v) is 13.7. The van der Waals surface area contributed by atoms with Crippen molar-refractivity contribution in [1.29, 1.82) is 0 Å². The summed E-state index contributed by atoms with van der Waals surface area (Å²) in [6.07, 6.45) is 0.119. The van der Waals surface area contributed by atoms with Crippen LogP contribution in [0.4, 0.5) is 14.5 Å². The molecule has 3 aromatic carbocycles. The summed E-state index contributed by atoms with van der Waals surface area (Å²) in [6, 6.07) is 17.9. The zero-order valence-electron chi connectivity index (χ0n) is 25.3. The molecule has 1 aromatic heterocycles. The lowest BCUT2D eigenvalue weighted by Gasteiger charge is -2.39. The van der Waals surface area contributed by atoms with Gasteiger partial charge in [-0.1, -0.05) is 24.3 Å². The molecular formula is C33H37F2N3O5S. The highest BCUT2D eigenvalue weighted by Gasteiger charge is 2.44. The van der Waals surface area contributed by atoms with E-state index in [0.717, 1.165) is 5.69 Å². The monoisotopic (exact) mass is 625 g/mol. The van der Waals surface area contributed by atoms with Crippen molar-refractivity contribution in [3.8, 4) is 11.6 Å². The highest BCUT2D eigenvalue weighted by Crippen LogP contribution is 2.49. The zero-order chi connectivity index (χ0) is 31.6. The number of benzene rings is 3. The van der Waals surface area contributed by atoms with Crippen LogP contribution in [0.3, 0.4) is 0 Å². The van der Waals surface area contributed by atoms with E-state index in [2.05, 4.69) is 0 Å². The van der Waals surface area contributed by atoms with E-state index in [-0.39, 0.29) is 40.7 Å². The number of anilines is 1. The van der Waals surface area contributed by atoms with Gasteiger partial charge in [-0.05, 0) is 68.5 Å². The van der Waals surface area contributed by atoms with Crippen LogP contribution >= 0.6 is 0 Å². The SMILES string of the molecule is COc1cccc([C@@H](c2cc3cc(N4CCS(=O)(=O)CC4)ccc3nc2OC)[C@@](O)(CCN(C)C)c2cccc(F)c2)c1F. The number of rotatable bonds is 10. The predicted molar refractivity (Wildman–Crippen MR) is 167 cm³/mol. The molecule has 11 heteroatoms. The number of aliphatic hydroxyl groups is 1. The van der Waals surface area contributed by atoms with Crippen LogP contribution in [0.5, 0.6) is 11.6 Å². The number of hydrogen-bond donors (Lipinski definition) is 1. The number of fused-ring (bicyclic) bond motifs is 1. The van der Waals surface area contributed by atoms with Crippen molar-refractivity contribution < 1.29 is 31.8 Å². The number of aromatic nitrogens is 1. The Morgan fingerprint density at radius 3 is 2.36 bits per heavy atom. The Morgan fingerprint density at radius 2 is 1.70 bits per heavy atom. The average Bonchev–Trinajstić information content (AvgIpc) is 3.00. The standard InChI is InChI=1S/C33H37F2N3O5S/c1-37(2)14-13-33(39,23-7-5-8-24(34)21-23)30(26-9-6-10-29(42-3)31(26)35)27-20-22-19-25(11-12-28(22)36-32(27)43-4)38-15-17-44(40,41)18-16-38/h5-12,19-21,30,39H,13-18H2,1-4H3/t30-,33+/m0/s1. The minimum atomic E-state index is -3.07. The Morgan fingerprint density at radius 1 is 0.977 bits per heavy atom. The summed E-state index contributed by atoms with van der Waals surface area (Å²) < 4.78 is 66.0. The van der Waals surface area contributed by atoms with Crippen molar-refractivity contribution >= 4 is 26.4 Å². The van der Waals surface area contributed by atoms with E-state index in [1.54, 1.807) is 18.2 Å². The number of pyridine rings is 1. The van der Waals surface area contributed by atoms with Gasteiger partial charge in [0.15, 0.2) is 21.4 Å². The molecule has 0 radical (unpaired) electrons. The number of methoxy groups -OCH3 is 2. The molecule has 1 N–H and O–H groups in total. The average molecular weight is 626 g/mol. The first-order chi connectivity index (χ1) is 21.0. The molecule has 1 saturated heterocycles. The van der Waals surface area contributed by atoms with E-state index in [9.17, 15) is 17.9 Å². The molecule has 0 spiro atoms. The lowest BCUT2D eigenvalue weighted by Crippen LogP contribution is -2.40. The molecule has 0 saturated carbocycles. The van der Waals surface area contributed by atoms with Gasteiger partial charge in [-0.2, -0.15) is 0 Å². The third-order valence-electron chi connectivity index (χ3n) is 8.27. The molecule has 2 atom stereocenters. The first-order valence-electron chi connectivity index (χ1n) is 14.4.